The van der Waals surface area contributed by atoms with Crippen molar-refractivity contribution in [2.75, 3.05) is 12.1 Å². The molecule has 1 amide bonds. The Bertz CT molecular complexity index is 613. The maximum Gasteiger partial charge on any atom is 0.231 e. The first-order valence-electron chi connectivity index (χ1n) is 8.95. The van der Waals surface area contributed by atoms with Crippen LogP contribution in [0.1, 0.15) is 51.0 Å². The van der Waals surface area contributed by atoms with Crippen LogP contribution in [0.4, 0.5) is 5.69 Å². The zero-order valence-corrected chi connectivity index (χ0v) is 13.8. The second-order valence-corrected chi connectivity index (χ2v) is 7.30. The molecule has 2 aliphatic carbocycles. The van der Waals surface area contributed by atoms with Gasteiger partial charge in [-0.3, -0.25) is 4.79 Å². The summed E-state index contributed by atoms with van der Waals surface area (Å²) in [7, 11) is 0. The van der Waals surface area contributed by atoms with Crippen molar-refractivity contribution in [3.8, 4) is 11.5 Å². The van der Waals surface area contributed by atoms with Crippen LogP contribution in [0.15, 0.2) is 12.1 Å². The number of nitrogens with one attached hydrogen (secondary N) is 1. The van der Waals surface area contributed by atoms with E-state index < -0.39 is 0 Å². The first-order valence-corrected chi connectivity index (χ1v) is 8.95. The standard InChI is InChI=1S/C19H25NO3/c1-2-3-14-8-17-18(23-11-22-17)10-16(14)20-19(21)9-15-7-12-4-5-13(15)6-12/h8,10,12-13,15H,2-7,9,11H2,1H3,(H,20,21)/t12-,13-,15+/m1/s1. The highest BCUT2D eigenvalue weighted by Gasteiger charge is 2.40. The summed E-state index contributed by atoms with van der Waals surface area (Å²) in [6, 6.07) is 3.94. The number of hydrogen-bond donors (Lipinski definition) is 1. The topological polar surface area (TPSA) is 47.6 Å². The van der Waals surface area contributed by atoms with Gasteiger partial charge in [-0.25, -0.2) is 0 Å². The van der Waals surface area contributed by atoms with Gasteiger partial charge in [0, 0.05) is 18.2 Å². The molecule has 0 unspecified atom stereocenters. The highest BCUT2D eigenvalue weighted by Crippen LogP contribution is 2.49. The van der Waals surface area contributed by atoms with E-state index in [9.17, 15) is 4.79 Å². The van der Waals surface area contributed by atoms with Crippen molar-refractivity contribution in [1.82, 2.24) is 0 Å². The highest BCUT2D eigenvalue weighted by molar-refractivity contribution is 5.92. The number of anilines is 1. The zero-order chi connectivity index (χ0) is 15.8. The Hall–Kier alpha value is -1.71. The minimum Gasteiger partial charge on any atom is -0.454 e. The Morgan fingerprint density at radius 2 is 2.04 bits per heavy atom. The van der Waals surface area contributed by atoms with Gasteiger partial charge in [0.2, 0.25) is 12.7 Å². The quantitative estimate of drug-likeness (QED) is 0.888. The molecule has 124 valence electrons. The lowest BCUT2D eigenvalue weighted by molar-refractivity contribution is -0.117. The molecule has 1 heterocycles. The number of rotatable bonds is 5. The molecule has 1 aromatic rings. The highest BCUT2D eigenvalue weighted by atomic mass is 16.7. The Labute approximate surface area is 137 Å². The van der Waals surface area contributed by atoms with Crippen molar-refractivity contribution in [3.63, 3.8) is 0 Å². The van der Waals surface area contributed by atoms with Crippen LogP contribution in [0.2, 0.25) is 0 Å². The lowest BCUT2D eigenvalue weighted by Gasteiger charge is -2.21. The van der Waals surface area contributed by atoms with Crippen LogP contribution < -0.4 is 14.8 Å². The summed E-state index contributed by atoms with van der Waals surface area (Å²) >= 11 is 0. The van der Waals surface area contributed by atoms with Gasteiger partial charge in [-0.2, -0.15) is 0 Å². The molecule has 2 fully saturated rings. The van der Waals surface area contributed by atoms with E-state index in [1.807, 2.05) is 12.1 Å². The predicted molar refractivity (Wildman–Crippen MR) is 88.7 cm³/mol. The molecule has 4 nitrogen and oxygen atoms in total. The summed E-state index contributed by atoms with van der Waals surface area (Å²) in [6.45, 7) is 2.41. The van der Waals surface area contributed by atoms with Gasteiger partial charge in [0.1, 0.15) is 0 Å². The molecule has 23 heavy (non-hydrogen) atoms. The summed E-state index contributed by atoms with van der Waals surface area (Å²) < 4.78 is 10.9. The molecule has 4 rings (SSSR count). The first-order chi connectivity index (χ1) is 11.2. The second kappa shape index (κ2) is 6.06. The van der Waals surface area contributed by atoms with Gasteiger partial charge in [0.05, 0.1) is 0 Å². The lowest BCUT2D eigenvalue weighted by Crippen LogP contribution is -2.20. The summed E-state index contributed by atoms with van der Waals surface area (Å²) in [6.07, 6.45) is 7.94. The van der Waals surface area contributed by atoms with Crippen molar-refractivity contribution in [1.29, 1.82) is 0 Å². The number of carbonyl (C=O) groups excluding carboxylic acids is 1. The van der Waals surface area contributed by atoms with Crippen LogP contribution in [0.3, 0.4) is 0 Å². The summed E-state index contributed by atoms with van der Waals surface area (Å²) in [4.78, 5) is 12.5. The number of benzene rings is 1. The minimum absolute atomic E-state index is 0.152. The number of amides is 1. The number of hydrogen-bond acceptors (Lipinski definition) is 3. The van der Waals surface area contributed by atoms with Gasteiger partial charge in [-0.15, -0.1) is 0 Å². The molecule has 4 heteroatoms. The number of aryl methyl sites for hydroxylation is 1. The molecule has 1 aromatic carbocycles. The van der Waals surface area contributed by atoms with Crippen LogP contribution in [0.25, 0.3) is 0 Å². The Balaban J connectivity index is 1.46. The van der Waals surface area contributed by atoms with Crippen LogP contribution >= 0.6 is 0 Å². The molecular weight excluding hydrogens is 290 g/mol. The van der Waals surface area contributed by atoms with Crippen LogP contribution in [0, 0.1) is 17.8 Å². The molecule has 0 saturated heterocycles. The Morgan fingerprint density at radius 3 is 2.74 bits per heavy atom. The van der Waals surface area contributed by atoms with E-state index in [0.29, 0.717) is 12.3 Å². The Kier molecular flexibility index (Phi) is 3.92. The molecule has 2 bridgehead atoms. The van der Waals surface area contributed by atoms with E-state index in [0.717, 1.165) is 47.4 Å². The molecule has 3 aliphatic rings. The average Bonchev–Trinajstić information content (AvgIpc) is 3.23. The monoisotopic (exact) mass is 315 g/mol. The van der Waals surface area contributed by atoms with Crippen molar-refractivity contribution in [3.05, 3.63) is 17.7 Å². The van der Waals surface area contributed by atoms with Crippen LogP contribution in [-0.4, -0.2) is 12.7 Å². The zero-order valence-electron chi connectivity index (χ0n) is 13.8. The van der Waals surface area contributed by atoms with Gasteiger partial charge in [-0.1, -0.05) is 19.8 Å². The molecular formula is C19H25NO3. The normalized spacial score (nSPS) is 27.4. The molecule has 3 atom stereocenters. The van der Waals surface area contributed by atoms with E-state index in [-0.39, 0.29) is 12.7 Å². The van der Waals surface area contributed by atoms with Crippen LogP contribution in [0.5, 0.6) is 11.5 Å². The average molecular weight is 315 g/mol. The molecule has 0 radical (unpaired) electrons. The van der Waals surface area contributed by atoms with E-state index in [1.54, 1.807) is 0 Å². The van der Waals surface area contributed by atoms with E-state index in [1.165, 1.54) is 25.7 Å². The molecule has 1 aliphatic heterocycles. The number of carbonyl (C=O) groups is 1. The van der Waals surface area contributed by atoms with Crippen molar-refractivity contribution >= 4 is 11.6 Å². The van der Waals surface area contributed by atoms with Gasteiger partial charge in [0.15, 0.2) is 11.5 Å². The van der Waals surface area contributed by atoms with E-state index in [4.69, 9.17) is 9.47 Å². The van der Waals surface area contributed by atoms with Gasteiger partial charge in [-0.05, 0) is 55.1 Å². The fourth-order valence-electron chi connectivity index (χ4n) is 4.64. The predicted octanol–water partition coefficient (Wildman–Crippen LogP) is 4.13. The molecule has 0 spiro atoms. The summed E-state index contributed by atoms with van der Waals surface area (Å²) in [5.74, 6) is 3.95. The van der Waals surface area contributed by atoms with Crippen molar-refractivity contribution in [2.45, 2.75) is 51.9 Å². The van der Waals surface area contributed by atoms with Gasteiger partial charge < -0.3 is 14.8 Å². The summed E-state index contributed by atoms with van der Waals surface area (Å²) in [5, 5.41) is 3.14. The van der Waals surface area contributed by atoms with Crippen LogP contribution in [-0.2, 0) is 11.2 Å². The third-order valence-electron chi connectivity index (χ3n) is 5.72. The maximum absolute atomic E-state index is 12.5. The second-order valence-electron chi connectivity index (χ2n) is 7.30. The first kappa shape index (κ1) is 14.9. The fraction of sp³-hybridized carbons (Fsp3) is 0.632. The van der Waals surface area contributed by atoms with Crippen molar-refractivity contribution < 1.29 is 14.3 Å². The third-order valence-corrected chi connectivity index (χ3v) is 5.72. The molecule has 0 aromatic heterocycles. The Morgan fingerprint density at radius 1 is 1.22 bits per heavy atom. The number of fused-ring (bicyclic) bond motifs is 3. The van der Waals surface area contributed by atoms with E-state index in [2.05, 4.69) is 12.2 Å². The van der Waals surface area contributed by atoms with Gasteiger partial charge >= 0.3 is 0 Å². The molecule has 2 saturated carbocycles. The lowest BCUT2D eigenvalue weighted by atomic mass is 9.86. The maximum atomic E-state index is 12.5. The minimum atomic E-state index is 0.152. The number of ether oxygens (including phenoxy) is 2. The SMILES string of the molecule is CCCc1cc2c(cc1NC(=O)C[C@@H]1C[C@@H]3CC[C@@H]1C3)OCO2. The smallest absolute Gasteiger partial charge is 0.231 e. The van der Waals surface area contributed by atoms with E-state index >= 15 is 0 Å². The fourth-order valence-corrected chi connectivity index (χ4v) is 4.64. The molecule has 1 N–H and O–H groups in total. The largest absolute Gasteiger partial charge is 0.454 e. The van der Waals surface area contributed by atoms with Gasteiger partial charge in [0.25, 0.3) is 0 Å². The van der Waals surface area contributed by atoms with Crippen molar-refractivity contribution in [2.24, 2.45) is 17.8 Å². The summed E-state index contributed by atoms with van der Waals surface area (Å²) in [5.41, 5.74) is 2.03. The third kappa shape index (κ3) is 2.91.